The first-order valence-corrected chi connectivity index (χ1v) is 7.33. The minimum atomic E-state index is -0.728. The number of rotatable bonds is 3. The minimum absolute atomic E-state index is 0.0932. The van der Waals surface area contributed by atoms with E-state index in [0.717, 1.165) is 18.6 Å². The molecule has 0 bridgehead atoms. The summed E-state index contributed by atoms with van der Waals surface area (Å²) >= 11 is 1.79. The van der Waals surface area contributed by atoms with Crippen molar-refractivity contribution in [1.82, 2.24) is 10.2 Å². The number of hydrogen-bond acceptors (Lipinski definition) is 4. The number of carbonyl (C=O) groups excluding carboxylic acids is 3. The van der Waals surface area contributed by atoms with Gasteiger partial charge in [-0.1, -0.05) is 13.8 Å². The van der Waals surface area contributed by atoms with Crippen LogP contribution in [-0.2, 0) is 9.59 Å². The molecule has 4 amide bonds. The Kier molecular flexibility index (Phi) is 3.94. The van der Waals surface area contributed by atoms with Crippen LogP contribution in [0.3, 0.4) is 0 Å². The number of carbonyl (C=O) groups is 3. The first kappa shape index (κ1) is 13.4. The molecule has 2 atom stereocenters. The third-order valence-electron chi connectivity index (χ3n) is 3.37. The van der Waals surface area contributed by atoms with Crippen LogP contribution in [0.1, 0.15) is 26.7 Å². The van der Waals surface area contributed by atoms with E-state index in [1.54, 1.807) is 11.8 Å². The average molecular weight is 270 g/mol. The Balaban J connectivity index is 2.10. The molecule has 2 heterocycles. The monoisotopic (exact) mass is 270 g/mol. The van der Waals surface area contributed by atoms with Gasteiger partial charge in [0.05, 0.1) is 0 Å². The van der Waals surface area contributed by atoms with E-state index >= 15 is 0 Å². The molecule has 6 heteroatoms. The minimum Gasteiger partial charge on any atom is -0.277 e. The predicted octanol–water partition coefficient (Wildman–Crippen LogP) is 1.23. The zero-order chi connectivity index (χ0) is 13.3. The normalized spacial score (nSPS) is 29.1. The zero-order valence-corrected chi connectivity index (χ0v) is 11.5. The van der Waals surface area contributed by atoms with Crippen LogP contribution in [0.25, 0.3) is 0 Å². The van der Waals surface area contributed by atoms with Crippen LogP contribution < -0.4 is 5.32 Å². The Labute approximate surface area is 111 Å². The van der Waals surface area contributed by atoms with E-state index in [-0.39, 0.29) is 11.8 Å². The summed E-state index contributed by atoms with van der Waals surface area (Å²) in [5.74, 6) is -0.541. The fourth-order valence-electron chi connectivity index (χ4n) is 2.38. The lowest BCUT2D eigenvalue weighted by Crippen LogP contribution is -2.60. The quantitative estimate of drug-likeness (QED) is 0.783. The SMILES string of the molecule is CC(C)C1C(=O)NC(=O)N(CC2CCCS2)C1=O. The second-order valence-corrected chi connectivity index (χ2v) is 6.51. The second-order valence-electron chi connectivity index (χ2n) is 5.10. The third kappa shape index (κ3) is 2.53. The van der Waals surface area contributed by atoms with E-state index in [1.807, 2.05) is 13.8 Å². The van der Waals surface area contributed by atoms with E-state index in [1.165, 1.54) is 4.90 Å². The smallest absolute Gasteiger partial charge is 0.277 e. The Morgan fingerprint density at radius 1 is 1.39 bits per heavy atom. The lowest BCUT2D eigenvalue weighted by molar-refractivity contribution is -0.144. The maximum atomic E-state index is 12.2. The Hall–Kier alpha value is -1.04. The van der Waals surface area contributed by atoms with Crippen LogP contribution in [0.15, 0.2) is 0 Å². The molecule has 0 aromatic carbocycles. The molecule has 0 aromatic rings. The summed E-state index contributed by atoms with van der Waals surface area (Å²) in [6.45, 7) is 4.06. The van der Waals surface area contributed by atoms with Gasteiger partial charge in [-0.15, -0.1) is 0 Å². The number of thioether (sulfide) groups is 1. The Morgan fingerprint density at radius 2 is 2.11 bits per heavy atom. The van der Waals surface area contributed by atoms with Gasteiger partial charge in [-0.3, -0.25) is 19.8 Å². The second kappa shape index (κ2) is 5.30. The zero-order valence-electron chi connectivity index (χ0n) is 10.6. The molecule has 2 aliphatic rings. The van der Waals surface area contributed by atoms with E-state index in [2.05, 4.69) is 5.32 Å². The summed E-state index contributed by atoms with van der Waals surface area (Å²) < 4.78 is 0. The number of hydrogen-bond donors (Lipinski definition) is 1. The van der Waals surface area contributed by atoms with Gasteiger partial charge < -0.3 is 0 Å². The highest BCUT2D eigenvalue weighted by Gasteiger charge is 2.42. The van der Waals surface area contributed by atoms with Crippen molar-refractivity contribution in [3.8, 4) is 0 Å². The van der Waals surface area contributed by atoms with Crippen LogP contribution in [0.5, 0.6) is 0 Å². The maximum absolute atomic E-state index is 12.2. The maximum Gasteiger partial charge on any atom is 0.330 e. The molecule has 2 fully saturated rings. The van der Waals surface area contributed by atoms with Crippen LogP contribution in [0, 0.1) is 11.8 Å². The molecule has 2 aliphatic heterocycles. The highest BCUT2D eigenvalue weighted by molar-refractivity contribution is 8.00. The molecule has 0 aliphatic carbocycles. The summed E-state index contributed by atoms with van der Waals surface area (Å²) in [7, 11) is 0. The van der Waals surface area contributed by atoms with Crippen molar-refractivity contribution in [3.05, 3.63) is 0 Å². The van der Waals surface area contributed by atoms with Crippen molar-refractivity contribution in [3.63, 3.8) is 0 Å². The molecular formula is C12H18N2O3S. The van der Waals surface area contributed by atoms with E-state index in [4.69, 9.17) is 0 Å². The van der Waals surface area contributed by atoms with Crippen LogP contribution in [-0.4, -0.2) is 40.3 Å². The summed E-state index contributed by atoms with van der Waals surface area (Å²) in [5, 5.41) is 2.60. The molecule has 5 nitrogen and oxygen atoms in total. The Bertz CT molecular complexity index is 378. The molecule has 2 rings (SSSR count). The first-order chi connectivity index (χ1) is 8.50. The van der Waals surface area contributed by atoms with Gasteiger partial charge in [0.25, 0.3) is 0 Å². The number of imide groups is 2. The topological polar surface area (TPSA) is 66.5 Å². The van der Waals surface area contributed by atoms with Gasteiger partial charge in [-0.2, -0.15) is 11.8 Å². The number of nitrogens with zero attached hydrogens (tertiary/aromatic N) is 1. The molecule has 1 N–H and O–H groups in total. The molecule has 18 heavy (non-hydrogen) atoms. The van der Waals surface area contributed by atoms with Gasteiger partial charge in [-0.25, -0.2) is 4.79 Å². The standard InChI is InChI=1S/C12H18N2O3S/c1-7(2)9-10(15)13-12(17)14(11(9)16)6-8-4-3-5-18-8/h7-9H,3-6H2,1-2H3,(H,13,15,17). The average Bonchev–Trinajstić information content (AvgIpc) is 2.75. The molecule has 2 saturated heterocycles. The molecular weight excluding hydrogens is 252 g/mol. The molecule has 100 valence electrons. The summed E-state index contributed by atoms with van der Waals surface area (Å²) in [6, 6.07) is -0.561. The van der Waals surface area contributed by atoms with Gasteiger partial charge in [0, 0.05) is 11.8 Å². The largest absolute Gasteiger partial charge is 0.330 e. The predicted molar refractivity (Wildman–Crippen MR) is 69.1 cm³/mol. The Morgan fingerprint density at radius 3 is 2.67 bits per heavy atom. The number of urea groups is 1. The van der Waals surface area contributed by atoms with E-state index < -0.39 is 17.9 Å². The van der Waals surface area contributed by atoms with Crippen molar-refractivity contribution >= 4 is 29.6 Å². The lowest BCUT2D eigenvalue weighted by atomic mass is 9.92. The molecule has 0 aromatic heterocycles. The summed E-state index contributed by atoms with van der Waals surface area (Å²) in [5.41, 5.74) is 0. The fraction of sp³-hybridized carbons (Fsp3) is 0.750. The van der Waals surface area contributed by atoms with Crippen molar-refractivity contribution in [2.24, 2.45) is 11.8 Å². The van der Waals surface area contributed by atoms with Crippen LogP contribution >= 0.6 is 11.8 Å². The fourth-order valence-corrected chi connectivity index (χ4v) is 3.64. The van der Waals surface area contributed by atoms with Gasteiger partial charge >= 0.3 is 6.03 Å². The molecule has 0 saturated carbocycles. The van der Waals surface area contributed by atoms with Crippen molar-refractivity contribution in [2.75, 3.05) is 12.3 Å². The van der Waals surface area contributed by atoms with Crippen LogP contribution in [0.4, 0.5) is 4.79 Å². The number of barbiturate groups is 1. The number of nitrogens with one attached hydrogen (secondary N) is 1. The van der Waals surface area contributed by atoms with Crippen molar-refractivity contribution in [1.29, 1.82) is 0 Å². The molecule has 0 radical (unpaired) electrons. The van der Waals surface area contributed by atoms with Crippen molar-refractivity contribution < 1.29 is 14.4 Å². The highest BCUT2D eigenvalue weighted by Crippen LogP contribution is 2.28. The van der Waals surface area contributed by atoms with E-state index in [9.17, 15) is 14.4 Å². The third-order valence-corrected chi connectivity index (χ3v) is 4.75. The molecule has 2 unspecified atom stereocenters. The first-order valence-electron chi connectivity index (χ1n) is 6.28. The van der Waals surface area contributed by atoms with E-state index in [0.29, 0.717) is 11.8 Å². The van der Waals surface area contributed by atoms with Crippen molar-refractivity contribution in [2.45, 2.75) is 31.9 Å². The summed E-state index contributed by atoms with van der Waals surface area (Å²) in [6.07, 6.45) is 2.16. The van der Waals surface area contributed by atoms with Crippen LogP contribution in [0.2, 0.25) is 0 Å². The van der Waals surface area contributed by atoms with Gasteiger partial charge in [0.2, 0.25) is 11.8 Å². The van der Waals surface area contributed by atoms with Gasteiger partial charge in [0.15, 0.2) is 0 Å². The highest BCUT2D eigenvalue weighted by atomic mass is 32.2. The van der Waals surface area contributed by atoms with Gasteiger partial charge in [0.1, 0.15) is 5.92 Å². The molecule has 0 spiro atoms. The lowest BCUT2D eigenvalue weighted by Gasteiger charge is -2.33. The summed E-state index contributed by atoms with van der Waals surface area (Å²) in [4.78, 5) is 36.8. The number of amides is 4. The van der Waals surface area contributed by atoms with Gasteiger partial charge in [-0.05, 0) is 24.5 Å².